The van der Waals surface area contributed by atoms with E-state index in [0.29, 0.717) is 6.29 Å². The lowest BCUT2D eigenvalue weighted by atomic mass is 9.97. The van der Waals surface area contributed by atoms with Crippen LogP contribution in [0.4, 0.5) is 4.39 Å². The van der Waals surface area contributed by atoms with E-state index in [9.17, 15) is 19.4 Å². The van der Waals surface area contributed by atoms with E-state index < -0.39 is 18.0 Å². The number of aliphatic hydroxyl groups is 2. The second-order valence-corrected chi connectivity index (χ2v) is 3.65. The second-order valence-electron chi connectivity index (χ2n) is 3.65. The molecule has 18 heavy (non-hydrogen) atoms. The van der Waals surface area contributed by atoms with E-state index in [1.54, 1.807) is 0 Å². The maximum Gasteiger partial charge on any atom is 0.150 e. The molecule has 0 aliphatic rings. The van der Waals surface area contributed by atoms with Crippen LogP contribution in [0.25, 0.3) is 10.4 Å². The number of rotatable bonds is 6. The van der Waals surface area contributed by atoms with Gasteiger partial charge < -0.3 is 10.2 Å². The van der Waals surface area contributed by atoms with Crippen molar-refractivity contribution >= 4 is 6.29 Å². The molecule has 0 fully saturated rings. The van der Waals surface area contributed by atoms with Crippen LogP contribution in [0.15, 0.2) is 23.3 Å². The first-order valence-corrected chi connectivity index (χ1v) is 5.21. The third-order valence-electron chi connectivity index (χ3n) is 2.45. The van der Waals surface area contributed by atoms with Crippen molar-refractivity contribution in [2.24, 2.45) is 5.11 Å². The van der Waals surface area contributed by atoms with E-state index >= 15 is 0 Å². The van der Waals surface area contributed by atoms with Crippen LogP contribution in [0, 0.1) is 5.82 Å². The summed E-state index contributed by atoms with van der Waals surface area (Å²) in [7, 11) is 0. The summed E-state index contributed by atoms with van der Waals surface area (Å²) in [5.41, 5.74) is 8.19. The fourth-order valence-electron chi connectivity index (χ4n) is 1.52. The Morgan fingerprint density at radius 1 is 1.50 bits per heavy atom. The number of carbonyl (C=O) groups excluding carboxylic acids is 1. The normalized spacial score (nSPS) is 13.5. The molecule has 2 N–H and O–H groups in total. The molecule has 1 rings (SSSR count). The molecule has 0 aliphatic heterocycles. The summed E-state index contributed by atoms with van der Waals surface area (Å²) in [5.74, 6) is -0.600. The Hall–Kier alpha value is -1.95. The van der Waals surface area contributed by atoms with Crippen LogP contribution in [-0.4, -0.2) is 29.1 Å². The summed E-state index contributed by atoms with van der Waals surface area (Å²) in [6, 6.07) is 3.30. The minimum Gasteiger partial charge on any atom is -0.390 e. The van der Waals surface area contributed by atoms with Gasteiger partial charge in [-0.15, -0.1) is 0 Å². The number of aldehydes is 1. The average Bonchev–Trinajstić information content (AvgIpc) is 2.37. The van der Waals surface area contributed by atoms with Gasteiger partial charge in [-0.05, 0) is 29.6 Å². The van der Waals surface area contributed by atoms with E-state index in [-0.39, 0.29) is 24.1 Å². The standard InChI is InChI=1S/C11H12FN3O3/c12-8-1-2-9(7(5-8)6-16)11(18)10(17)3-4-14-15-13/h1-2,5-6,10-11,17-18H,3-4H2. The van der Waals surface area contributed by atoms with Crippen molar-refractivity contribution < 1.29 is 19.4 Å². The highest BCUT2D eigenvalue weighted by Crippen LogP contribution is 2.22. The topological polar surface area (TPSA) is 106 Å². The lowest BCUT2D eigenvalue weighted by Crippen LogP contribution is -2.20. The number of nitrogens with zero attached hydrogens (tertiary/aromatic N) is 3. The summed E-state index contributed by atoms with van der Waals surface area (Å²) in [4.78, 5) is 13.3. The highest BCUT2D eigenvalue weighted by Gasteiger charge is 2.20. The van der Waals surface area contributed by atoms with Gasteiger partial charge in [-0.25, -0.2) is 4.39 Å². The van der Waals surface area contributed by atoms with E-state index in [1.807, 2.05) is 0 Å². The maximum absolute atomic E-state index is 12.9. The number of halogens is 1. The van der Waals surface area contributed by atoms with Crippen LogP contribution in [0.2, 0.25) is 0 Å². The smallest absolute Gasteiger partial charge is 0.150 e. The molecule has 0 heterocycles. The van der Waals surface area contributed by atoms with Crippen LogP contribution in [-0.2, 0) is 0 Å². The predicted molar refractivity (Wildman–Crippen MR) is 61.4 cm³/mol. The van der Waals surface area contributed by atoms with Crippen molar-refractivity contribution in [2.75, 3.05) is 6.54 Å². The molecule has 0 saturated heterocycles. The van der Waals surface area contributed by atoms with Gasteiger partial charge in [0.15, 0.2) is 6.29 Å². The van der Waals surface area contributed by atoms with Gasteiger partial charge in [0, 0.05) is 17.0 Å². The zero-order valence-corrected chi connectivity index (χ0v) is 9.40. The molecular weight excluding hydrogens is 241 g/mol. The molecule has 0 radical (unpaired) electrons. The van der Waals surface area contributed by atoms with E-state index in [1.165, 1.54) is 6.07 Å². The summed E-state index contributed by atoms with van der Waals surface area (Å²) in [6.07, 6.45) is -2.08. The van der Waals surface area contributed by atoms with Crippen LogP contribution in [0.3, 0.4) is 0 Å². The van der Waals surface area contributed by atoms with Gasteiger partial charge in [-0.2, -0.15) is 0 Å². The fourth-order valence-corrected chi connectivity index (χ4v) is 1.52. The summed E-state index contributed by atoms with van der Waals surface area (Å²) in [6.45, 7) is 0.0202. The number of hydrogen-bond acceptors (Lipinski definition) is 4. The number of aliphatic hydroxyl groups excluding tert-OH is 2. The zero-order chi connectivity index (χ0) is 13.5. The molecule has 6 nitrogen and oxygen atoms in total. The van der Waals surface area contributed by atoms with Gasteiger partial charge in [-0.1, -0.05) is 11.2 Å². The molecule has 0 aromatic heterocycles. The number of azide groups is 1. The molecule has 2 unspecified atom stereocenters. The number of benzene rings is 1. The van der Waals surface area contributed by atoms with Crippen molar-refractivity contribution in [2.45, 2.75) is 18.6 Å². The van der Waals surface area contributed by atoms with Crippen LogP contribution in [0.5, 0.6) is 0 Å². The molecule has 0 aliphatic carbocycles. The second kappa shape index (κ2) is 6.70. The highest BCUT2D eigenvalue weighted by atomic mass is 19.1. The van der Waals surface area contributed by atoms with E-state index in [0.717, 1.165) is 12.1 Å². The lowest BCUT2D eigenvalue weighted by Gasteiger charge is -2.18. The number of hydrogen-bond donors (Lipinski definition) is 2. The molecule has 0 spiro atoms. The Labute approximate surface area is 102 Å². The third kappa shape index (κ3) is 3.53. The Morgan fingerprint density at radius 3 is 2.83 bits per heavy atom. The lowest BCUT2D eigenvalue weighted by molar-refractivity contribution is 0.0147. The first-order valence-electron chi connectivity index (χ1n) is 5.21. The number of carbonyl (C=O) groups is 1. The molecule has 1 aromatic rings. The summed E-state index contributed by atoms with van der Waals surface area (Å²) < 4.78 is 12.9. The molecular formula is C11H12FN3O3. The molecule has 1 aromatic carbocycles. The quantitative estimate of drug-likeness (QED) is 0.349. The molecule has 0 bridgehead atoms. The average molecular weight is 253 g/mol. The molecule has 7 heteroatoms. The largest absolute Gasteiger partial charge is 0.390 e. The Balaban J connectivity index is 2.85. The van der Waals surface area contributed by atoms with Crippen molar-refractivity contribution in [1.29, 1.82) is 0 Å². The SMILES string of the molecule is [N-]=[N+]=NCCC(O)C(O)c1ccc(F)cc1C=O. The van der Waals surface area contributed by atoms with Crippen LogP contribution >= 0.6 is 0 Å². The summed E-state index contributed by atoms with van der Waals surface area (Å²) >= 11 is 0. The van der Waals surface area contributed by atoms with E-state index in [4.69, 9.17) is 5.53 Å². The fraction of sp³-hybridized carbons (Fsp3) is 0.364. The Morgan fingerprint density at radius 2 is 2.22 bits per heavy atom. The van der Waals surface area contributed by atoms with E-state index in [2.05, 4.69) is 10.0 Å². The van der Waals surface area contributed by atoms with Crippen molar-refractivity contribution in [1.82, 2.24) is 0 Å². The Kier molecular flexibility index (Phi) is 5.26. The van der Waals surface area contributed by atoms with Crippen molar-refractivity contribution in [3.05, 3.63) is 45.6 Å². The Bertz CT molecular complexity index is 475. The third-order valence-corrected chi connectivity index (χ3v) is 2.45. The first-order chi connectivity index (χ1) is 8.60. The predicted octanol–water partition coefficient (Wildman–Crippen LogP) is 1.73. The van der Waals surface area contributed by atoms with Crippen molar-refractivity contribution in [3.63, 3.8) is 0 Å². The van der Waals surface area contributed by atoms with Gasteiger partial charge in [0.25, 0.3) is 0 Å². The molecule has 96 valence electrons. The minimum atomic E-state index is -1.33. The highest BCUT2D eigenvalue weighted by molar-refractivity contribution is 5.77. The van der Waals surface area contributed by atoms with Gasteiger partial charge >= 0.3 is 0 Å². The molecule has 2 atom stereocenters. The monoisotopic (exact) mass is 253 g/mol. The van der Waals surface area contributed by atoms with Gasteiger partial charge in [-0.3, -0.25) is 4.79 Å². The van der Waals surface area contributed by atoms with Crippen LogP contribution < -0.4 is 0 Å². The molecule has 0 amide bonds. The zero-order valence-electron chi connectivity index (χ0n) is 9.40. The summed E-state index contributed by atoms with van der Waals surface area (Å²) in [5, 5.41) is 22.7. The minimum absolute atomic E-state index is 0.0202. The van der Waals surface area contributed by atoms with Crippen LogP contribution in [0.1, 0.15) is 28.4 Å². The maximum atomic E-state index is 12.9. The van der Waals surface area contributed by atoms with Crippen molar-refractivity contribution in [3.8, 4) is 0 Å². The van der Waals surface area contributed by atoms with Gasteiger partial charge in [0.05, 0.1) is 6.10 Å². The molecule has 0 saturated carbocycles. The van der Waals surface area contributed by atoms with Gasteiger partial charge in [0.1, 0.15) is 11.9 Å². The van der Waals surface area contributed by atoms with Gasteiger partial charge in [0.2, 0.25) is 0 Å². The first kappa shape index (κ1) is 14.1.